The third-order valence-electron chi connectivity index (χ3n) is 5.34. The number of carbonyl (C=O) groups excluding carboxylic acids is 3. The Labute approximate surface area is 225 Å². The molecule has 7 nitrogen and oxygen atoms in total. The van der Waals surface area contributed by atoms with Crippen LogP contribution in [0.2, 0.25) is 10.0 Å². The van der Waals surface area contributed by atoms with Crippen LogP contribution in [-0.2, 0) is 16.2 Å². The van der Waals surface area contributed by atoms with Crippen LogP contribution in [0.15, 0.2) is 64.6 Å². The molecule has 0 spiro atoms. The number of hydrogen-bond donors (Lipinski definition) is 1. The van der Waals surface area contributed by atoms with E-state index in [9.17, 15) is 19.6 Å². The molecule has 1 aliphatic rings. The maximum atomic E-state index is 13.2. The van der Waals surface area contributed by atoms with Gasteiger partial charge in [-0.25, -0.2) is 9.69 Å². The Morgan fingerprint density at radius 2 is 1.78 bits per heavy atom. The number of amides is 4. The van der Waals surface area contributed by atoms with Crippen LogP contribution in [0.3, 0.4) is 0 Å². The lowest BCUT2D eigenvalue weighted by Gasteiger charge is -2.26. The van der Waals surface area contributed by atoms with Crippen LogP contribution in [0.1, 0.15) is 22.3 Å². The summed E-state index contributed by atoms with van der Waals surface area (Å²) in [4.78, 5) is 39.0. The van der Waals surface area contributed by atoms with Crippen molar-refractivity contribution in [3.05, 3.63) is 96.9 Å². The molecule has 0 bridgehead atoms. The van der Waals surface area contributed by atoms with Gasteiger partial charge in [0, 0.05) is 10.0 Å². The zero-order valence-electron chi connectivity index (χ0n) is 18.6. The molecule has 0 aromatic heterocycles. The lowest BCUT2D eigenvalue weighted by atomic mass is 10.1. The first-order chi connectivity index (χ1) is 17.2. The quantitative estimate of drug-likeness (QED) is 0.285. The normalized spacial score (nSPS) is 14.6. The second-order valence-corrected chi connectivity index (χ2v) is 9.43. The van der Waals surface area contributed by atoms with E-state index >= 15 is 0 Å². The highest BCUT2D eigenvalue weighted by atomic mass is 79.9. The zero-order valence-corrected chi connectivity index (χ0v) is 21.7. The minimum absolute atomic E-state index is 0.0637. The molecule has 3 aromatic carbocycles. The van der Waals surface area contributed by atoms with Crippen molar-refractivity contribution in [2.24, 2.45) is 0 Å². The lowest BCUT2D eigenvalue weighted by molar-refractivity contribution is -0.122. The Morgan fingerprint density at radius 3 is 2.44 bits per heavy atom. The van der Waals surface area contributed by atoms with Crippen molar-refractivity contribution in [2.45, 2.75) is 13.5 Å². The van der Waals surface area contributed by atoms with Crippen molar-refractivity contribution in [2.75, 3.05) is 4.90 Å². The van der Waals surface area contributed by atoms with E-state index in [-0.39, 0.29) is 28.0 Å². The number of nitriles is 1. The Kier molecular flexibility index (Phi) is 7.45. The average molecular weight is 585 g/mol. The van der Waals surface area contributed by atoms with Gasteiger partial charge in [-0.1, -0.05) is 57.3 Å². The number of anilines is 1. The summed E-state index contributed by atoms with van der Waals surface area (Å²) in [7, 11) is 0. The van der Waals surface area contributed by atoms with E-state index < -0.39 is 17.8 Å². The molecule has 3 aromatic rings. The van der Waals surface area contributed by atoms with E-state index in [1.807, 2.05) is 6.92 Å². The number of ether oxygens (including phenoxy) is 1. The number of imide groups is 2. The van der Waals surface area contributed by atoms with Crippen LogP contribution in [0, 0.1) is 18.3 Å². The Bertz CT molecular complexity index is 1470. The highest BCUT2D eigenvalue weighted by Gasteiger charge is 2.37. The van der Waals surface area contributed by atoms with E-state index in [0.29, 0.717) is 22.4 Å². The minimum Gasteiger partial charge on any atom is -0.486 e. The summed E-state index contributed by atoms with van der Waals surface area (Å²) in [5.74, 6) is -1.43. The van der Waals surface area contributed by atoms with Crippen molar-refractivity contribution >= 4 is 68.7 Å². The smallest absolute Gasteiger partial charge is 0.335 e. The van der Waals surface area contributed by atoms with E-state index in [1.165, 1.54) is 18.2 Å². The molecule has 10 heteroatoms. The molecule has 1 fully saturated rings. The van der Waals surface area contributed by atoms with Crippen molar-refractivity contribution < 1.29 is 19.1 Å². The third kappa shape index (κ3) is 5.14. The molecule has 0 radical (unpaired) electrons. The molecule has 1 heterocycles. The fourth-order valence-corrected chi connectivity index (χ4v) is 4.39. The van der Waals surface area contributed by atoms with Gasteiger partial charge in [0.2, 0.25) is 0 Å². The van der Waals surface area contributed by atoms with Gasteiger partial charge in [0.25, 0.3) is 11.8 Å². The average Bonchev–Trinajstić information content (AvgIpc) is 2.83. The highest BCUT2D eigenvalue weighted by Crippen LogP contribution is 2.36. The van der Waals surface area contributed by atoms with Crippen LogP contribution in [0.4, 0.5) is 10.5 Å². The summed E-state index contributed by atoms with van der Waals surface area (Å²) in [6.45, 7) is 1.88. The van der Waals surface area contributed by atoms with Crippen molar-refractivity contribution in [1.29, 1.82) is 5.26 Å². The fourth-order valence-electron chi connectivity index (χ4n) is 3.53. The number of halogens is 3. The summed E-state index contributed by atoms with van der Waals surface area (Å²) in [6.07, 6.45) is 1.30. The largest absolute Gasteiger partial charge is 0.486 e. The van der Waals surface area contributed by atoms with Gasteiger partial charge < -0.3 is 4.74 Å². The van der Waals surface area contributed by atoms with Crippen LogP contribution in [-0.4, -0.2) is 17.8 Å². The molecule has 0 atom stereocenters. The molecule has 180 valence electrons. The predicted molar refractivity (Wildman–Crippen MR) is 140 cm³/mol. The monoisotopic (exact) mass is 583 g/mol. The molecule has 1 saturated heterocycles. The highest BCUT2D eigenvalue weighted by molar-refractivity contribution is 9.10. The number of nitrogens with zero attached hydrogens (tertiary/aromatic N) is 2. The molecule has 4 amide bonds. The van der Waals surface area contributed by atoms with Gasteiger partial charge in [0.1, 0.15) is 12.2 Å². The molecule has 0 saturated carbocycles. The first kappa shape index (κ1) is 25.5. The van der Waals surface area contributed by atoms with Crippen molar-refractivity contribution in [3.8, 4) is 11.8 Å². The van der Waals surface area contributed by atoms with Crippen molar-refractivity contribution in [3.63, 3.8) is 0 Å². The van der Waals surface area contributed by atoms with Gasteiger partial charge in [0.15, 0.2) is 5.75 Å². The van der Waals surface area contributed by atoms with Crippen LogP contribution >= 0.6 is 39.1 Å². The van der Waals surface area contributed by atoms with Gasteiger partial charge in [-0.15, -0.1) is 0 Å². The Morgan fingerprint density at radius 1 is 1.08 bits per heavy atom. The second-order valence-electron chi connectivity index (χ2n) is 7.76. The van der Waals surface area contributed by atoms with Gasteiger partial charge in [-0.3, -0.25) is 14.9 Å². The summed E-state index contributed by atoms with van der Waals surface area (Å²) in [5.41, 5.74) is 2.34. The number of urea groups is 1. The molecule has 36 heavy (non-hydrogen) atoms. The number of benzene rings is 3. The number of hydrogen-bond acceptors (Lipinski definition) is 5. The van der Waals surface area contributed by atoms with Crippen LogP contribution in [0.5, 0.6) is 5.75 Å². The zero-order chi connectivity index (χ0) is 26.0. The summed E-state index contributed by atoms with van der Waals surface area (Å²) >= 11 is 16.2. The van der Waals surface area contributed by atoms with E-state index in [2.05, 4.69) is 27.3 Å². The van der Waals surface area contributed by atoms with E-state index in [0.717, 1.165) is 14.9 Å². The Hall–Kier alpha value is -3.64. The summed E-state index contributed by atoms with van der Waals surface area (Å²) < 4.78 is 6.57. The molecular weight excluding hydrogens is 569 g/mol. The van der Waals surface area contributed by atoms with E-state index in [4.69, 9.17) is 27.9 Å². The second kappa shape index (κ2) is 10.5. The first-order valence-electron chi connectivity index (χ1n) is 10.5. The van der Waals surface area contributed by atoms with E-state index in [1.54, 1.807) is 42.5 Å². The van der Waals surface area contributed by atoms with Gasteiger partial charge in [-0.2, -0.15) is 5.26 Å². The van der Waals surface area contributed by atoms with Crippen molar-refractivity contribution in [1.82, 2.24) is 5.32 Å². The van der Waals surface area contributed by atoms with Gasteiger partial charge in [-0.05, 0) is 60.5 Å². The molecule has 1 aliphatic heterocycles. The lowest BCUT2D eigenvalue weighted by Crippen LogP contribution is -2.54. The molecule has 0 unspecified atom stereocenters. The summed E-state index contributed by atoms with van der Waals surface area (Å²) in [5, 5.41) is 11.7. The molecular formula is C26H16BrCl2N3O4. The Balaban J connectivity index is 1.62. The van der Waals surface area contributed by atoms with Gasteiger partial charge >= 0.3 is 6.03 Å². The maximum absolute atomic E-state index is 13.2. The third-order valence-corrected chi connectivity index (χ3v) is 6.79. The number of barbiturate groups is 1. The molecule has 4 rings (SSSR count). The topological polar surface area (TPSA) is 99.5 Å². The standard InChI is InChI=1S/C26H16BrCl2N3O4/c1-14-8-18(6-7-20(14)27)32-25(34)19(24(33)31-26(32)35)9-15-10-21(28)23(22(29)11-15)36-13-17-5-3-2-4-16(17)12-30/h2-11H,13H2,1H3,(H,31,33,35)/b19-9+. The number of nitrogens with one attached hydrogen (secondary N) is 1. The van der Waals surface area contributed by atoms with Gasteiger partial charge in [0.05, 0.1) is 27.4 Å². The predicted octanol–water partition coefficient (Wildman–Crippen LogP) is 6.18. The number of rotatable bonds is 5. The molecule has 1 N–H and O–H groups in total. The SMILES string of the molecule is Cc1cc(N2C(=O)NC(=O)/C(=C\c3cc(Cl)c(OCc4ccccc4C#N)c(Cl)c3)C2=O)ccc1Br. The number of aryl methyl sites for hydroxylation is 1. The van der Waals surface area contributed by atoms with Crippen LogP contribution in [0.25, 0.3) is 6.08 Å². The molecule has 0 aliphatic carbocycles. The summed E-state index contributed by atoms with van der Waals surface area (Å²) in [6, 6.07) is 16.1. The fraction of sp³-hybridized carbons (Fsp3) is 0.0769. The van der Waals surface area contributed by atoms with Crippen LogP contribution < -0.4 is 15.0 Å². The first-order valence-corrected chi connectivity index (χ1v) is 12.0. The number of carbonyl (C=O) groups is 3. The minimum atomic E-state index is -0.846. The maximum Gasteiger partial charge on any atom is 0.335 e.